The minimum atomic E-state index is -3.61. The molecule has 0 atom stereocenters. The molecule has 0 aliphatic heterocycles. The maximum Gasteiger partial charge on any atom is 0.241 e. The number of carbonyl (C=O) groups excluding carboxylic acids is 1. The summed E-state index contributed by atoms with van der Waals surface area (Å²) >= 11 is 0. The fourth-order valence-corrected chi connectivity index (χ4v) is 3.41. The summed E-state index contributed by atoms with van der Waals surface area (Å²) in [5, 5.41) is 2.74. The second kappa shape index (κ2) is 8.85. The number of nitrogens with zero attached hydrogens (tertiary/aromatic N) is 2. The van der Waals surface area contributed by atoms with Crippen molar-refractivity contribution in [2.24, 2.45) is 0 Å². The summed E-state index contributed by atoms with van der Waals surface area (Å²) in [5.74, 6) is 0.0368. The quantitative estimate of drug-likeness (QED) is 0.746. The minimum Gasteiger partial charge on any atom is -0.475 e. The molecule has 0 unspecified atom stereocenters. The number of aryl methyl sites for hydroxylation is 1. The van der Waals surface area contributed by atoms with Gasteiger partial charge in [-0.2, -0.15) is 0 Å². The molecule has 0 saturated heterocycles. The number of hydrogen-bond acceptors (Lipinski definition) is 5. The molecule has 1 N–H and O–H groups in total. The summed E-state index contributed by atoms with van der Waals surface area (Å²) in [6, 6.07) is 10.6. The first kappa shape index (κ1) is 20.7. The third-order valence-corrected chi connectivity index (χ3v) is 4.87. The number of amides is 1. The van der Waals surface area contributed by atoms with Crippen LogP contribution in [0.4, 0.5) is 5.69 Å². The molecule has 1 aromatic heterocycles. The van der Waals surface area contributed by atoms with Gasteiger partial charge in [-0.05, 0) is 38.5 Å². The number of aromatic nitrogens is 1. The van der Waals surface area contributed by atoms with Crippen LogP contribution in [0, 0.1) is 6.92 Å². The van der Waals surface area contributed by atoms with E-state index >= 15 is 0 Å². The number of rotatable bonds is 8. The smallest absolute Gasteiger partial charge is 0.241 e. The molecular weight excluding hydrogens is 366 g/mol. The molecule has 0 fully saturated rings. The van der Waals surface area contributed by atoms with Crippen molar-refractivity contribution in [1.82, 2.24) is 10.3 Å². The summed E-state index contributed by atoms with van der Waals surface area (Å²) in [5.41, 5.74) is 1.98. The van der Waals surface area contributed by atoms with Gasteiger partial charge in [0.15, 0.2) is 0 Å². The highest BCUT2D eigenvalue weighted by atomic mass is 32.2. The van der Waals surface area contributed by atoms with Crippen LogP contribution in [-0.4, -0.2) is 38.2 Å². The lowest BCUT2D eigenvalue weighted by atomic mass is 10.2. The first-order chi connectivity index (χ1) is 12.7. The standard InChI is InChI=1S/C19H25N3O4S/c1-14(2)26-19-16(9-7-11-20-19)12-21-18(23)13-22(27(4,24)25)17-10-6-5-8-15(17)3/h5-11,14H,12-13H2,1-4H3,(H,21,23). The van der Waals surface area contributed by atoms with Gasteiger partial charge >= 0.3 is 0 Å². The molecule has 1 heterocycles. The van der Waals surface area contributed by atoms with Crippen LogP contribution in [-0.2, 0) is 21.4 Å². The number of carbonyl (C=O) groups is 1. The second-order valence-corrected chi connectivity index (χ2v) is 8.37. The highest BCUT2D eigenvalue weighted by Crippen LogP contribution is 2.22. The SMILES string of the molecule is Cc1ccccc1N(CC(=O)NCc1cccnc1OC(C)C)S(C)(=O)=O. The summed E-state index contributed by atoms with van der Waals surface area (Å²) in [7, 11) is -3.61. The van der Waals surface area contributed by atoms with Gasteiger partial charge in [-0.25, -0.2) is 13.4 Å². The third-order valence-electron chi connectivity index (χ3n) is 3.74. The van der Waals surface area contributed by atoms with E-state index in [2.05, 4.69) is 10.3 Å². The third kappa shape index (κ3) is 5.96. The van der Waals surface area contributed by atoms with Crippen LogP contribution in [0.2, 0.25) is 0 Å². The zero-order chi connectivity index (χ0) is 20.0. The van der Waals surface area contributed by atoms with Gasteiger partial charge in [-0.3, -0.25) is 9.10 Å². The number of hydrogen-bond donors (Lipinski definition) is 1. The predicted molar refractivity (Wildman–Crippen MR) is 105 cm³/mol. The Morgan fingerprint density at radius 2 is 1.93 bits per heavy atom. The van der Waals surface area contributed by atoms with Crippen LogP contribution < -0.4 is 14.4 Å². The van der Waals surface area contributed by atoms with Gasteiger partial charge in [-0.1, -0.05) is 24.3 Å². The van der Waals surface area contributed by atoms with Gasteiger partial charge in [0.1, 0.15) is 6.54 Å². The molecule has 146 valence electrons. The minimum absolute atomic E-state index is 0.0452. The van der Waals surface area contributed by atoms with Crippen LogP contribution in [0.5, 0.6) is 5.88 Å². The van der Waals surface area contributed by atoms with E-state index < -0.39 is 15.9 Å². The number of ether oxygens (including phenoxy) is 1. The Labute approximate surface area is 160 Å². The number of benzene rings is 1. The highest BCUT2D eigenvalue weighted by Gasteiger charge is 2.22. The largest absolute Gasteiger partial charge is 0.475 e. The first-order valence-corrected chi connectivity index (χ1v) is 10.4. The molecule has 8 heteroatoms. The second-order valence-electron chi connectivity index (χ2n) is 6.47. The molecule has 0 aliphatic rings. The van der Waals surface area contributed by atoms with E-state index in [0.29, 0.717) is 11.6 Å². The van der Waals surface area contributed by atoms with E-state index in [9.17, 15) is 13.2 Å². The molecule has 27 heavy (non-hydrogen) atoms. The Kier molecular flexibility index (Phi) is 6.79. The number of nitrogens with one attached hydrogen (secondary N) is 1. The monoisotopic (exact) mass is 391 g/mol. The van der Waals surface area contributed by atoms with E-state index in [1.54, 1.807) is 43.5 Å². The van der Waals surface area contributed by atoms with Crippen molar-refractivity contribution in [1.29, 1.82) is 0 Å². The zero-order valence-corrected chi connectivity index (χ0v) is 16.8. The van der Waals surface area contributed by atoms with Crippen molar-refractivity contribution in [3.8, 4) is 5.88 Å². The van der Waals surface area contributed by atoms with Crippen LogP contribution in [0.3, 0.4) is 0 Å². The molecule has 7 nitrogen and oxygen atoms in total. The van der Waals surface area contributed by atoms with Crippen molar-refractivity contribution in [3.63, 3.8) is 0 Å². The maximum atomic E-state index is 12.4. The Bertz CT molecular complexity index is 897. The maximum absolute atomic E-state index is 12.4. The molecule has 0 spiro atoms. The molecule has 1 aromatic carbocycles. The lowest BCUT2D eigenvalue weighted by Crippen LogP contribution is -2.40. The van der Waals surface area contributed by atoms with Crippen molar-refractivity contribution in [2.75, 3.05) is 17.1 Å². The van der Waals surface area contributed by atoms with Gasteiger partial charge in [0.05, 0.1) is 18.0 Å². The molecule has 0 saturated carbocycles. The Hall–Kier alpha value is -2.61. The topological polar surface area (TPSA) is 88.6 Å². The average molecular weight is 391 g/mol. The number of para-hydroxylation sites is 1. The van der Waals surface area contributed by atoms with Crippen LogP contribution in [0.15, 0.2) is 42.6 Å². The average Bonchev–Trinajstić information content (AvgIpc) is 2.58. The molecule has 0 radical (unpaired) electrons. The molecule has 2 aromatic rings. The Morgan fingerprint density at radius 1 is 1.22 bits per heavy atom. The molecule has 0 aliphatic carbocycles. The van der Waals surface area contributed by atoms with Crippen LogP contribution >= 0.6 is 0 Å². The van der Waals surface area contributed by atoms with E-state index in [-0.39, 0.29) is 19.2 Å². The zero-order valence-electron chi connectivity index (χ0n) is 16.0. The van der Waals surface area contributed by atoms with Crippen LogP contribution in [0.1, 0.15) is 25.0 Å². The van der Waals surface area contributed by atoms with Gasteiger partial charge in [0.2, 0.25) is 21.8 Å². The number of anilines is 1. The van der Waals surface area contributed by atoms with Gasteiger partial charge in [0.25, 0.3) is 0 Å². The summed E-state index contributed by atoms with van der Waals surface area (Å²) in [6.45, 7) is 5.48. The Balaban J connectivity index is 2.11. The fraction of sp³-hybridized carbons (Fsp3) is 0.368. The van der Waals surface area contributed by atoms with Crippen LogP contribution in [0.25, 0.3) is 0 Å². The number of sulfonamides is 1. The van der Waals surface area contributed by atoms with E-state index in [0.717, 1.165) is 21.7 Å². The first-order valence-electron chi connectivity index (χ1n) is 8.59. The predicted octanol–water partition coefficient (Wildman–Crippen LogP) is 2.26. The highest BCUT2D eigenvalue weighted by molar-refractivity contribution is 7.92. The molecule has 2 rings (SSSR count). The van der Waals surface area contributed by atoms with Gasteiger partial charge < -0.3 is 10.1 Å². The Morgan fingerprint density at radius 3 is 2.56 bits per heavy atom. The molecular formula is C19H25N3O4S. The fourth-order valence-electron chi connectivity index (χ4n) is 2.49. The van der Waals surface area contributed by atoms with Gasteiger partial charge in [-0.15, -0.1) is 0 Å². The summed E-state index contributed by atoms with van der Waals surface area (Å²) in [4.78, 5) is 16.6. The van der Waals surface area contributed by atoms with Crippen molar-refractivity contribution >= 4 is 21.6 Å². The lowest BCUT2D eigenvalue weighted by molar-refractivity contribution is -0.119. The van der Waals surface area contributed by atoms with Crippen molar-refractivity contribution in [2.45, 2.75) is 33.4 Å². The van der Waals surface area contributed by atoms with Gasteiger partial charge in [0, 0.05) is 18.3 Å². The van der Waals surface area contributed by atoms with Crippen molar-refractivity contribution < 1.29 is 17.9 Å². The summed E-state index contributed by atoms with van der Waals surface area (Å²) in [6.07, 6.45) is 2.66. The molecule has 0 bridgehead atoms. The summed E-state index contributed by atoms with van der Waals surface area (Å²) < 4.78 is 31.1. The van der Waals surface area contributed by atoms with Crippen molar-refractivity contribution in [3.05, 3.63) is 53.7 Å². The number of pyridine rings is 1. The van der Waals surface area contributed by atoms with E-state index in [1.807, 2.05) is 19.9 Å². The van der Waals surface area contributed by atoms with E-state index in [4.69, 9.17) is 4.74 Å². The van der Waals surface area contributed by atoms with E-state index in [1.165, 1.54) is 0 Å². The lowest BCUT2D eigenvalue weighted by Gasteiger charge is -2.23. The normalized spacial score (nSPS) is 11.3. The molecule has 1 amide bonds.